The topological polar surface area (TPSA) is 60.2 Å². The van der Waals surface area contributed by atoms with Crippen LogP contribution in [0.25, 0.3) is 0 Å². The summed E-state index contributed by atoms with van der Waals surface area (Å²) in [4.78, 5) is 14.0. The first kappa shape index (κ1) is 19.2. The van der Waals surface area contributed by atoms with Crippen molar-refractivity contribution in [1.29, 1.82) is 0 Å². The standard InChI is InChI=1S/C18H23BrN4O2S/c1-3-23-17(13-4-5-13)20-21-18(23)26-12-16(24)22(2)10-11-25-15-8-6-14(19)7-9-15/h6-9,13H,3-5,10-12H2,1-2H3. The molecule has 0 N–H and O–H groups in total. The van der Waals surface area contributed by atoms with Gasteiger partial charge in [-0.15, -0.1) is 10.2 Å². The van der Waals surface area contributed by atoms with Gasteiger partial charge < -0.3 is 14.2 Å². The smallest absolute Gasteiger partial charge is 0.232 e. The first-order chi connectivity index (χ1) is 12.6. The number of amides is 1. The van der Waals surface area contributed by atoms with Crippen molar-refractivity contribution < 1.29 is 9.53 Å². The molecule has 26 heavy (non-hydrogen) atoms. The van der Waals surface area contributed by atoms with Gasteiger partial charge in [0.25, 0.3) is 0 Å². The molecule has 0 saturated heterocycles. The average molecular weight is 439 g/mol. The molecule has 1 amide bonds. The van der Waals surface area contributed by atoms with Crippen LogP contribution in [0.1, 0.15) is 31.5 Å². The number of likely N-dealkylation sites (N-methyl/N-ethyl adjacent to an activating group) is 1. The van der Waals surface area contributed by atoms with Gasteiger partial charge in [0.2, 0.25) is 5.91 Å². The maximum Gasteiger partial charge on any atom is 0.232 e. The molecule has 2 aromatic rings. The Morgan fingerprint density at radius 3 is 2.73 bits per heavy atom. The molecule has 6 nitrogen and oxygen atoms in total. The fraction of sp³-hybridized carbons (Fsp3) is 0.500. The van der Waals surface area contributed by atoms with E-state index in [1.165, 1.54) is 24.6 Å². The molecule has 0 aliphatic heterocycles. The molecule has 0 unspecified atom stereocenters. The SMILES string of the molecule is CCn1c(SCC(=O)N(C)CCOc2ccc(Br)cc2)nnc1C1CC1. The molecule has 0 radical (unpaired) electrons. The molecule has 0 atom stereocenters. The lowest BCUT2D eigenvalue weighted by atomic mass is 10.3. The normalized spacial score (nSPS) is 13.7. The lowest BCUT2D eigenvalue weighted by molar-refractivity contribution is -0.127. The van der Waals surface area contributed by atoms with Crippen molar-refractivity contribution in [2.24, 2.45) is 0 Å². The van der Waals surface area contributed by atoms with Gasteiger partial charge >= 0.3 is 0 Å². The number of thioether (sulfide) groups is 1. The zero-order chi connectivity index (χ0) is 18.5. The third kappa shape index (κ3) is 5.01. The highest BCUT2D eigenvalue weighted by atomic mass is 79.9. The van der Waals surface area contributed by atoms with Gasteiger partial charge in [-0.1, -0.05) is 27.7 Å². The van der Waals surface area contributed by atoms with E-state index in [0.29, 0.717) is 24.8 Å². The number of benzene rings is 1. The second-order valence-corrected chi connectivity index (χ2v) is 8.12. The highest BCUT2D eigenvalue weighted by molar-refractivity contribution is 9.10. The Labute approximate surface area is 166 Å². The van der Waals surface area contributed by atoms with Crippen molar-refractivity contribution in [1.82, 2.24) is 19.7 Å². The van der Waals surface area contributed by atoms with E-state index >= 15 is 0 Å². The van der Waals surface area contributed by atoms with Crippen molar-refractivity contribution in [2.45, 2.75) is 37.4 Å². The van der Waals surface area contributed by atoms with Crippen molar-refractivity contribution >= 4 is 33.6 Å². The molecule has 1 heterocycles. The summed E-state index contributed by atoms with van der Waals surface area (Å²) in [6.07, 6.45) is 2.39. The van der Waals surface area contributed by atoms with Crippen LogP contribution in [-0.2, 0) is 11.3 Å². The molecule has 0 spiro atoms. The number of hydrogen-bond acceptors (Lipinski definition) is 5. The first-order valence-corrected chi connectivity index (χ1v) is 10.5. The van der Waals surface area contributed by atoms with E-state index in [2.05, 4.69) is 37.6 Å². The second-order valence-electron chi connectivity index (χ2n) is 6.27. The van der Waals surface area contributed by atoms with Crippen LogP contribution in [0.2, 0.25) is 0 Å². The van der Waals surface area contributed by atoms with Crippen molar-refractivity contribution in [2.75, 3.05) is 26.0 Å². The Balaban J connectivity index is 1.43. The summed E-state index contributed by atoms with van der Waals surface area (Å²) >= 11 is 4.85. The zero-order valence-corrected chi connectivity index (χ0v) is 17.4. The third-order valence-electron chi connectivity index (χ3n) is 4.26. The van der Waals surface area contributed by atoms with Crippen molar-refractivity contribution in [3.8, 4) is 5.75 Å². The quantitative estimate of drug-likeness (QED) is 0.560. The van der Waals surface area contributed by atoms with Crippen molar-refractivity contribution in [3.05, 3.63) is 34.6 Å². The predicted molar refractivity (Wildman–Crippen MR) is 106 cm³/mol. The van der Waals surface area contributed by atoms with Gasteiger partial charge in [0.15, 0.2) is 5.16 Å². The molecule has 1 aliphatic carbocycles. The van der Waals surface area contributed by atoms with Crippen LogP contribution in [0.3, 0.4) is 0 Å². The third-order valence-corrected chi connectivity index (χ3v) is 5.74. The van der Waals surface area contributed by atoms with Gasteiger partial charge in [-0.2, -0.15) is 0 Å². The molecule has 1 saturated carbocycles. The van der Waals surface area contributed by atoms with Crippen LogP contribution >= 0.6 is 27.7 Å². The first-order valence-electron chi connectivity index (χ1n) is 8.76. The van der Waals surface area contributed by atoms with Gasteiger partial charge in [0.05, 0.1) is 12.3 Å². The number of hydrogen-bond donors (Lipinski definition) is 0. The highest BCUT2D eigenvalue weighted by Gasteiger charge is 2.30. The summed E-state index contributed by atoms with van der Waals surface area (Å²) in [5.41, 5.74) is 0. The molecular formula is C18H23BrN4O2S. The van der Waals surface area contributed by atoms with Crippen LogP contribution in [0.4, 0.5) is 0 Å². The minimum Gasteiger partial charge on any atom is -0.492 e. The number of carbonyl (C=O) groups is 1. The molecule has 8 heteroatoms. The van der Waals surface area contributed by atoms with Gasteiger partial charge in [0, 0.05) is 24.0 Å². The summed E-state index contributed by atoms with van der Waals surface area (Å²) in [5, 5.41) is 9.41. The minimum absolute atomic E-state index is 0.0630. The van der Waals surface area contributed by atoms with Crippen LogP contribution < -0.4 is 4.74 Å². The number of nitrogens with zero attached hydrogens (tertiary/aromatic N) is 4. The minimum atomic E-state index is 0.0630. The molecule has 140 valence electrons. The van der Waals surface area contributed by atoms with E-state index in [1.807, 2.05) is 24.3 Å². The Morgan fingerprint density at radius 2 is 2.08 bits per heavy atom. The molecule has 3 rings (SSSR count). The zero-order valence-electron chi connectivity index (χ0n) is 15.0. The van der Waals surface area contributed by atoms with Gasteiger partial charge in [-0.3, -0.25) is 4.79 Å². The summed E-state index contributed by atoms with van der Waals surface area (Å²) in [6, 6.07) is 7.66. The fourth-order valence-corrected chi connectivity index (χ4v) is 3.75. The summed E-state index contributed by atoms with van der Waals surface area (Å²) in [5.74, 6) is 2.85. The number of halogens is 1. The van der Waals surface area contributed by atoms with Gasteiger partial charge in [0.1, 0.15) is 18.2 Å². The monoisotopic (exact) mass is 438 g/mol. The Hall–Kier alpha value is -1.54. The summed E-state index contributed by atoms with van der Waals surface area (Å²) in [6.45, 7) is 3.94. The second kappa shape index (κ2) is 8.90. The number of carbonyl (C=O) groups excluding carboxylic acids is 1. The van der Waals surface area contributed by atoms with E-state index in [4.69, 9.17) is 4.74 Å². The van der Waals surface area contributed by atoms with Gasteiger partial charge in [-0.25, -0.2) is 0 Å². The van der Waals surface area contributed by atoms with Crippen LogP contribution in [0.15, 0.2) is 33.9 Å². The fourth-order valence-electron chi connectivity index (χ4n) is 2.54. The molecular weight excluding hydrogens is 416 g/mol. The number of aromatic nitrogens is 3. The highest BCUT2D eigenvalue weighted by Crippen LogP contribution is 2.39. The molecule has 1 aromatic heterocycles. The number of ether oxygens (including phenoxy) is 1. The maximum absolute atomic E-state index is 12.3. The van der Waals surface area contributed by atoms with E-state index in [9.17, 15) is 4.79 Å². The van der Waals surface area contributed by atoms with E-state index < -0.39 is 0 Å². The van der Waals surface area contributed by atoms with Crippen molar-refractivity contribution in [3.63, 3.8) is 0 Å². The van der Waals surface area contributed by atoms with Crippen LogP contribution in [0, 0.1) is 0 Å². The Morgan fingerprint density at radius 1 is 1.35 bits per heavy atom. The van der Waals surface area contributed by atoms with Crippen LogP contribution in [0.5, 0.6) is 5.75 Å². The molecule has 0 bridgehead atoms. The number of rotatable bonds is 9. The molecule has 1 aliphatic rings. The summed E-state index contributed by atoms with van der Waals surface area (Å²) < 4.78 is 8.81. The van der Waals surface area contributed by atoms with E-state index in [1.54, 1.807) is 11.9 Å². The predicted octanol–water partition coefficient (Wildman–Crippen LogP) is 3.57. The lowest BCUT2D eigenvalue weighted by Crippen LogP contribution is -2.32. The van der Waals surface area contributed by atoms with E-state index in [-0.39, 0.29) is 5.91 Å². The lowest BCUT2D eigenvalue weighted by Gasteiger charge is -2.17. The average Bonchev–Trinajstić information content (AvgIpc) is 3.41. The van der Waals surface area contributed by atoms with Crippen LogP contribution in [-0.4, -0.2) is 51.5 Å². The van der Waals surface area contributed by atoms with E-state index in [0.717, 1.165) is 27.7 Å². The Bertz CT molecular complexity index is 746. The Kier molecular flexibility index (Phi) is 6.58. The van der Waals surface area contributed by atoms with Gasteiger partial charge in [-0.05, 0) is 44.0 Å². The molecule has 1 aromatic carbocycles. The largest absolute Gasteiger partial charge is 0.492 e. The molecule has 1 fully saturated rings. The maximum atomic E-state index is 12.3. The summed E-state index contributed by atoms with van der Waals surface area (Å²) in [7, 11) is 1.80.